The molecule has 0 bridgehead atoms. The van der Waals surface area contributed by atoms with Crippen molar-refractivity contribution in [3.05, 3.63) is 58.1 Å². The summed E-state index contributed by atoms with van der Waals surface area (Å²) in [7, 11) is 0. The summed E-state index contributed by atoms with van der Waals surface area (Å²) in [5.41, 5.74) is 5.78. The molecule has 0 aliphatic carbocycles. The zero-order valence-corrected chi connectivity index (χ0v) is 17.3. The second-order valence-corrected chi connectivity index (χ2v) is 6.98. The molecule has 0 saturated heterocycles. The van der Waals surface area contributed by atoms with Crippen LogP contribution < -0.4 is 20.3 Å². The monoisotopic (exact) mass is 424 g/mol. The van der Waals surface area contributed by atoms with E-state index >= 15 is 0 Å². The molecule has 0 heterocycles. The van der Waals surface area contributed by atoms with E-state index in [0.29, 0.717) is 22.9 Å². The van der Waals surface area contributed by atoms with Gasteiger partial charge in [0.05, 0.1) is 5.02 Å². The maximum absolute atomic E-state index is 12.3. The van der Waals surface area contributed by atoms with Crippen molar-refractivity contribution < 1.29 is 19.1 Å². The number of hydrazine groups is 1. The van der Waals surface area contributed by atoms with Crippen LogP contribution in [0.15, 0.2) is 42.5 Å². The normalized spacial score (nSPS) is 12.6. The number of ether oxygens (including phenoxy) is 2. The van der Waals surface area contributed by atoms with Crippen LogP contribution in [0.4, 0.5) is 0 Å². The van der Waals surface area contributed by atoms with Crippen molar-refractivity contribution in [2.75, 3.05) is 0 Å². The molecular formula is C20H22Cl2N2O4. The van der Waals surface area contributed by atoms with E-state index in [4.69, 9.17) is 32.7 Å². The number of carbonyl (C=O) groups excluding carboxylic acids is 2. The van der Waals surface area contributed by atoms with Gasteiger partial charge in [-0.25, -0.2) is 0 Å². The number of amides is 2. The number of hydrogen-bond acceptors (Lipinski definition) is 4. The molecule has 0 aliphatic rings. The molecule has 2 aromatic rings. The van der Waals surface area contributed by atoms with Gasteiger partial charge in [0.1, 0.15) is 11.5 Å². The highest BCUT2D eigenvalue weighted by molar-refractivity contribution is 6.35. The van der Waals surface area contributed by atoms with E-state index in [0.717, 1.165) is 5.56 Å². The minimum absolute atomic E-state index is 0.286. The lowest BCUT2D eigenvalue weighted by Gasteiger charge is -2.19. The van der Waals surface area contributed by atoms with Gasteiger partial charge in [-0.05, 0) is 50.6 Å². The first-order chi connectivity index (χ1) is 13.3. The molecule has 150 valence electrons. The van der Waals surface area contributed by atoms with Crippen LogP contribution in [0, 0.1) is 6.92 Å². The topological polar surface area (TPSA) is 76.7 Å². The number of benzene rings is 2. The first-order valence-electron chi connectivity index (χ1n) is 8.75. The number of halogens is 2. The third-order valence-electron chi connectivity index (χ3n) is 3.84. The number of rotatable bonds is 7. The Labute approximate surface area is 174 Å². The molecule has 0 aromatic heterocycles. The van der Waals surface area contributed by atoms with Crippen molar-refractivity contribution in [1.29, 1.82) is 0 Å². The van der Waals surface area contributed by atoms with Gasteiger partial charge in [0.15, 0.2) is 12.2 Å². The highest BCUT2D eigenvalue weighted by Crippen LogP contribution is 2.28. The predicted molar refractivity (Wildman–Crippen MR) is 109 cm³/mol. The fourth-order valence-corrected chi connectivity index (χ4v) is 2.68. The van der Waals surface area contributed by atoms with Gasteiger partial charge in [-0.1, -0.05) is 47.8 Å². The third-order valence-corrected chi connectivity index (χ3v) is 4.37. The SMILES string of the molecule is CCC(Oc1ccc(C)cc1)C(=O)NNC(=O)C(C)Oc1ccc(Cl)cc1Cl. The molecule has 0 aliphatic heterocycles. The van der Waals surface area contributed by atoms with Gasteiger partial charge in [-0.15, -0.1) is 0 Å². The summed E-state index contributed by atoms with van der Waals surface area (Å²) in [6.45, 7) is 5.31. The zero-order chi connectivity index (χ0) is 20.7. The summed E-state index contributed by atoms with van der Waals surface area (Å²) < 4.78 is 11.2. The Balaban J connectivity index is 1.87. The Hall–Kier alpha value is -2.44. The quantitative estimate of drug-likeness (QED) is 0.656. The predicted octanol–water partition coefficient (Wildman–Crippen LogP) is 4.07. The smallest absolute Gasteiger partial charge is 0.279 e. The molecule has 2 amide bonds. The average Bonchev–Trinajstić information content (AvgIpc) is 2.67. The van der Waals surface area contributed by atoms with Crippen LogP contribution in [0.2, 0.25) is 10.0 Å². The molecule has 2 aromatic carbocycles. The average molecular weight is 425 g/mol. The summed E-state index contributed by atoms with van der Waals surface area (Å²) >= 11 is 11.9. The van der Waals surface area contributed by atoms with E-state index in [-0.39, 0.29) is 5.02 Å². The van der Waals surface area contributed by atoms with Gasteiger partial charge >= 0.3 is 0 Å². The lowest BCUT2D eigenvalue weighted by atomic mass is 10.2. The lowest BCUT2D eigenvalue weighted by molar-refractivity contribution is -0.135. The van der Waals surface area contributed by atoms with E-state index in [1.165, 1.54) is 13.0 Å². The largest absolute Gasteiger partial charge is 0.481 e. The van der Waals surface area contributed by atoms with Gasteiger partial charge in [-0.3, -0.25) is 20.4 Å². The highest BCUT2D eigenvalue weighted by atomic mass is 35.5. The van der Waals surface area contributed by atoms with Gasteiger partial charge in [0.2, 0.25) is 0 Å². The Kier molecular flexibility index (Phi) is 7.96. The van der Waals surface area contributed by atoms with Crippen LogP contribution in [0.25, 0.3) is 0 Å². The van der Waals surface area contributed by atoms with Crippen molar-refractivity contribution in [3.63, 3.8) is 0 Å². The molecule has 28 heavy (non-hydrogen) atoms. The van der Waals surface area contributed by atoms with Crippen LogP contribution in [-0.2, 0) is 9.59 Å². The first kappa shape index (κ1) is 21.9. The van der Waals surface area contributed by atoms with Gasteiger partial charge in [-0.2, -0.15) is 0 Å². The standard InChI is InChI=1S/C20H22Cl2N2O4/c1-4-17(28-15-8-5-12(2)6-9-15)20(26)24-23-19(25)13(3)27-18-10-7-14(21)11-16(18)22/h5-11,13,17H,4H2,1-3H3,(H,23,25)(H,24,26). The fraction of sp³-hybridized carbons (Fsp3) is 0.300. The van der Waals surface area contributed by atoms with E-state index in [2.05, 4.69) is 10.9 Å². The lowest BCUT2D eigenvalue weighted by Crippen LogP contribution is -2.51. The maximum Gasteiger partial charge on any atom is 0.279 e. The van der Waals surface area contributed by atoms with E-state index < -0.39 is 24.0 Å². The first-order valence-corrected chi connectivity index (χ1v) is 9.50. The van der Waals surface area contributed by atoms with Crippen molar-refractivity contribution >= 4 is 35.0 Å². The molecule has 2 unspecified atom stereocenters. The molecular weight excluding hydrogens is 403 g/mol. The van der Waals surface area contributed by atoms with Crippen molar-refractivity contribution in [2.45, 2.75) is 39.4 Å². The third kappa shape index (κ3) is 6.32. The minimum atomic E-state index is -0.892. The summed E-state index contributed by atoms with van der Waals surface area (Å²) in [6.07, 6.45) is -1.20. The van der Waals surface area contributed by atoms with Crippen LogP contribution in [0.5, 0.6) is 11.5 Å². The molecule has 6 nitrogen and oxygen atoms in total. The van der Waals surface area contributed by atoms with E-state index in [9.17, 15) is 9.59 Å². The summed E-state index contributed by atoms with van der Waals surface area (Å²) in [5.74, 6) is -0.111. The Bertz CT molecular complexity index is 827. The Morgan fingerprint density at radius 2 is 1.64 bits per heavy atom. The summed E-state index contributed by atoms with van der Waals surface area (Å²) in [4.78, 5) is 24.5. The fourth-order valence-electron chi connectivity index (χ4n) is 2.22. The molecule has 2 N–H and O–H groups in total. The van der Waals surface area contributed by atoms with Gasteiger partial charge < -0.3 is 9.47 Å². The number of hydrogen-bond donors (Lipinski definition) is 2. The maximum atomic E-state index is 12.3. The molecule has 2 rings (SSSR count). The number of nitrogens with one attached hydrogen (secondary N) is 2. The minimum Gasteiger partial charge on any atom is -0.481 e. The molecule has 0 spiro atoms. The Morgan fingerprint density at radius 1 is 1.00 bits per heavy atom. The molecule has 8 heteroatoms. The summed E-state index contributed by atoms with van der Waals surface area (Å²) in [5, 5.41) is 0.745. The molecule has 0 radical (unpaired) electrons. The van der Waals surface area contributed by atoms with Crippen LogP contribution in [0.1, 0.15) is 25.8 Å². The van der Waals surface area contributed by atoms with Crippen LogP contribution in [0.3, 0.4) is 0 Å². The second kappa shape index (κ2) is 10.2. The molecule has 0 saturated carbocycles. The molecule has 2 atom stereocenters. The zero-order valence-electron chi connectivity index (χ0n) is 15.8. The van der Waals surface area contributed by atoms with E-state index in [1.807, 2.05) is 26.0 Å². The van der Waals surface area contributed by atoms with Crippen molar-refractivity contribution in [3.8, 4) is 11.5 Å². The van der Waals surface area contributed by atoms with Crippen LogP contribution in [-0.4, -0.2) is 24.0 Å². The number of aryl methyl sites for hydroxylation is 1. The molecule has 0 fully saturated rings. The van der Waals surface area contributed by atoms with Crippen molar-refractivity contribution in [2.24, 2.45) is 0 Å². The van der Waals surface area contributed by atoms with Gasteiger partial charge in [0, 0.05) is 5.02 Å². The second-order valence-electron chi connectivity index (χ2n) is 6.14. The highest BCUT2D eigenvalue weighted by Gasteiger charge is 2.21. The Morgan fingerprint density at radius 3 is 2.25 bits per heavy atom. The number of carbonyl (C=O) groups is 2. The van der Waals surface area contributed by atoms with Gasteiger partial charge in [0.25, 0.3) is 11.8 Å². The van der Waals surface area contributed by atoms with Crippen molar-refractivity contribution in [1.82, 2.24) is 10.9 Å². The van der Waals surface area contributed by atoms with Crippen LogP contribution >= 0.6 is 23.2 Å². The van der Waals surface area contributed by atoms with E-state index in [1.54, 1.807) is 24.3 Å². The summed E-state index contributed by atoms with van der Waals surface area (Å²) in [6, 6.07) is 12.0.